The van der Waals surface area contributed by atoms with Crippen LogP contribution in [0.3, 0.4) is 0 Å². The van der Waals surface area contributed by atoms with E-state index in [0.29, 0.717) is 0 Å². The van der Waals surface area contributed by atoms with Gasteiger partial charge in [-0.2, -0.15) is 0 Å². The van der Waals surface area contributed by atoms with Crippen LogP contribution in [-0.4, -0.2) is 0 Å². The van der Waals surface area contributed by atoms with E-state index in [4.69, 9.17) is 0 Å². The Morgan fingerprint density at radius 3 is 2.59 bits per heavy atom. The molecular formula is C17H32. The first-order chi connectivity index (χ1) is 8.17. The van der Waals surface area contributed by atoms with Crippen molar-refractivity contribution in [3.05, 3.63) is 11.6 Å². The van der Waals surface area contributed by atoms with E-state index in [0.717, 1.165) is 17.8 Å². The Morgan fingerprint density at radius 2 is 1.94 bits per heavy atom. The summed E-state index contributed by atoms with van der Waals surface area (Å²) in [7, 11) is 0. The van der Waals surface area contributed by atoms with Crippen LogP contribution in [0.2, 0.25) is 0 Å². The molecule has 0 nitrogen and oxygen atoms in total. The zero-order chi connectivity index (χ0) is 12.7. The fourth-order valence-electron chi connectivity index (χ4n) is 3.26. The Bertz CT molecular complexity index is 226. The molecule has 1 saturated carbocycles. The van der Waals surface area contributed by atoms with Gasteiger partial charge in [0.2, 0.25) is 0 Å². The van der Waals surface area contributed by atoms with E-state index in [1.807, 2.05) is 0 Å². The van der Waals surface area contributed by atoms with Gasteiger partial charge in [0, 0.05) is 0 Å². The Balaban J connectivity index is 2.40. The van der Waals surface area contributed by atoms with Gasteiger partial charge in [-0.15, -0.1) is 0 Å². The fourth-order valence-corrected chi connectivity index (χ4v) is 3.26. The maximum atomic E-state index is 2.47. The average Bonchev–Trinajstić information content (AvgIpc) is 2.73. The Kier molecular flexibility index (Phi) is 6.92. The smallest absolute Gasteiger partial charge is 0.0292 e. The van der Waals surface area contributed by atoms with Crippen LogP contribution < -0.4 is 0 Å². The second kappa shape index (κ2) is 7.95. The van der Waals surface area contributed by atoms with E-state index in [-0.39, 0.29) is 0 Å². The number of rotatable bonds is 7. The normalized spacial score (nSPS) is 27.4. The van der Waals surface area contributed by atoms with Crippen molar-refractivity contribution in [3.63, 3.8) is 0 Å². The number of hydrogen-bond donors (Lipinski definition) is 0. The highest BCUT2D eigenvalue weighted by atomic mass is 14.3. The summed E-state index contributed by atoms with van der Waals surface area (Å²) in [5.74, 6) is 2.95. The van der Waals surface area contributed by atoms with Crippen LogP contribution in [0.1, 0.15) is 79.1 Å². The highest BCUT2D eigenvalue weighted by Gasteiger charge is 2.27. The zero-order valence-corrected chi connectivity index (χ0v) is 12.5. The van der Waals surface area contributed by atoms with Gasteiger partial charge in [0.05, 0.1) is 0 Å². The maximum Gasteiger partial charge on any atom is -0.0292 e. The Labute approximate surface area is 109 Å². The molecule has 0 amide bonds. The standard InChI is InChI=1S/C17H32/c1-5-7-9-15(4)13-17-11-8-10-16(17)12-14(3)6-2/h9,14,16-17H,5-8,10-13H2,1-4H3. The third-order valence-corrected chi connectivity index (χ3v) is 4.58. The Morgan fingerprint density at radius 1 is 1.24 bits per heavy atom. The van der Waals surface area contributed by atoms with Crippen molar-refractivity contribution < 1.29 is 0 Å². The van der Waals surface area contributed by atoms with Gasteiger partial charge in [0.15, 0.2) is 0 Å². The summed E-state index contributed by atoms with van der Waals surface area (Å²) < 4.78 is 0. The number of allylic oxidation sites excluding steroid dienone is 2. The fraction of sp³-hybridized carbons (Fsp3) is 0.882. The lowest BCUT2D eigenvalue weighted by Gasteiger charge is -2.22. The minimum absolute atomic E-state index is 0.931. The molecule has 0 spiro atoms. The van der Waals surface area contributed by atoms with Gasteiger partial charge in [-0.25, -0.2) is 0 Å². The monoisotopic (exact) mass is 236 g/mol. The molecule has 1 aliphatic rings. The quantitative estimate of drug-likeness (QED) is 0.477. The summed E-state index contributed by atoms with van der Waals surface area (Å²) in [4.78, 5) is 0. The van der Waals surface area contributed by atoms with Gasteiger partial charge in [-0.3, -0.25) is 0 Å². The summed E-state index contributed by atoms with van der Waals surface area (Å²) in [6.07, 6.45) is 13.7. The van der Waals surface area contributed by atoms with Crippen LogP contribution in [0.5, 0.6) is 0 Å². The molecule has 100 valence electrons. The highest BCUT2D eigenvalue weighted by Crippen LogP contribution is 2.40. The summed E-state index contributed by atoms with van der Waals surface area (Å²) >= 11 is 0. The molecule has 0 radical (unpaired) electrons. The lowest BCUT2D eigenvalue weighted by molar-refractivity contribution is 0.307. The van der Waals surface area contributed by atoms with Crippen molar-refractivity contribution >= 4 is 0 Å². The van der Waals surface area contributed by atoms with E-state index in [9.17, 15) is 0 Å². The van der Waals surface area contributed by atoms with Crippen LogP contribution in [0.25, 0.3) is 0 Å². The van der Waals surface area contributed by atoms with Crippen molar-refractivity contribution in [2.75, 3.05) is 0 Å². The van der Waals surface area contributed by atoms with Gasteiger partial charge < -0.3 is 0 Å². The molecule has 0 saturated heterocycles. The van der Waals surface area contributed by atoms with E-state index in [1.54, 1.807) is 5.57 Å². The predicted molar refractivity (Wildman–Crippen MR) is 78.2 cm³/mol. The van der Waals surface area contributed by atoms with Crippen LogP contribution in [0, 0.1) is 17.8 Å². The first-order valence-electron chi connectivity index (χ1n) is 7.82. The SMILES string of the molecule is CCCC=C(C)CC1CCCC1CC(C)CC. The summed E-state index contributed by atoms with van der Waals surface area (Å²) in [6, 6.07) is 0. The third kappa shape index (κ3) is 5.27. The van der Waals surface area contributed by atoms with E-state index in [2.05, 4.69) is 33.8 Å². The third-order valence-electron chi connectivity index (χ3n) is 4.58. The average molecular weight is 236 g/mol. The lowest BCUT2D eigenvalue weighted by Crippen LogP contribution is -2.12. The molecule has 17 heavy (non-hydrogen) atoms. The molecule has 1 fully saturated rings. The van der Waals surface area contributed by atoms with Crippen LogP contribution >= 0.6 is 0 Å². The molecule has 0 heteroatoms. The molecule has 3 unspecified atom stereocenters. The first-order valence-corrected chi connectivity index (χ1v) is 7.82. The number of unbranched alkanes of at least 4 members (excludes halogenated alkanes) is 1. The van der Waals surface area contributed by atoms with Crippen molar-refractivity contribution in [1.29, 1.82) is 0 Å². The van der Waals surface area contributed by atoms with Crippen LogP contribution in [0.4, 0.5) is 0 Å². The second-order valence-corrected chi connectivity index (χ2v) is 6.24. The topological polar surface area (TPSA) is 0 Å². The van der Waals surface area contributed by atoms with Gasteiger partial charge >= 0.3 is 0 Å². The number of hydrogen-bond acceptors (Lipinski definition) is 0. The largest absolute Gasteiger partial charge is 0.0856 e. The molecule has 0 aliphatic heterocycles. The maximum absolute atomic E-state index is 2.47. The highest BCUT2D eigenvalue weighted by molar-refractivity contribution is 5.01. The lowest BCUT2D eigenvalue weighted by atomic mass is 9.83. The van der Waals surface area contributed by atoms with E-state index in [1.165, 1.54) is 51.4 Å². The minimum atomic E-state index is 0.931. The van der Waals surface area contributed by atoms with Crippen molar-refractivity contribution in [3.8, 4) is 0 Å². The molecule has 0 aromatic heterocycles. The zero-order valence-electron chi connectivity index (χ0n) is 12.5. The van der Waals surface area contributed by atoms with Crippen LogP contribution in [-0.2, 0) is 0 Å². The molecule has 1 rings (SSSR count). The van der Waals surface area contributed by atoms with Gasteiger partial charge in [0.25, 0.3) is 0 Å². The van der Waals surface area contributed by atoms with Crippen molar-refractivity contribution in [1.82, 2.24) is 0 Å². The molecule has 0 aromatic rings. The van der Waals surface area contributed by atoms with Crippen molar-refractivity contribution in [2.24, 2.45) is 17.8 Å². The molecule has 0 aromatic carbocycles. The minimum Gasteiger partial charge on any atom is -0.0856 e. The predicted octanol–water partition coefficient (Wildman–Crippen LogP) is 5.98. The molecular weight excluding hydrogens is 204 g/mol. The summed E-state index contributed by atoms with van der Waals surface area (Å²) in [5.41, 5.74) is 1.65. The van der Waals surface area contributed by atoms with Crippen molar-refractivity contribution in [2.45, 2.75) is 79.1 Å². The summed E-state index contributed by atoms with van der Waals surface area (Å²) in [5, 5.41) is 0. The van der Waals surface area contributed by atoms with Crippen LogP contribution in [0.15, 0.2) is 11.6 Å². The summed E-state index contributed by atoms with van der Waals surface area (Å²) in [6.45, 7) is 9.37. The van der Waals surface area contributed by atoms with E-state index >= 15 is 0 Å². The van der Waals surface area contributed by atoms with E-state index < -0.39 is 0 Å². The van der Waals surface area contributed by atoms with Gasteiger partial charge in [-0.05, 0) is 50.4 Å². The molecule has 3 atom stereocenters. The van der Waals surface area contributed by atoms with Gasteiger partial charge in [-0.1, -0.05) is 58.1 Å². The first kappa shape index (κ1) is 14.8. The molecule has 1 aliphatic carbocycles. The Hall–Kier alpha value is -0.260. The molecule has 0 heterocycles. The molecule has 0 bridgehead atoms. The van der Waals surface area contributed by atoms with Gasteiger partial charge in [0.1, 0.15) is 0 Å². The molecule has 0 N–H and O–H groups in total. The second-order valence-electron chi connectivity index (χ2n) is 6.24.